The summed E-state index contributed by atoms with van der Waals surface area (Å²) in [7, 11) is 0. The molecule has 3 aromatic rings. The molecule has 0 aliphatic heterocycles. The number of carboxylic acids is 1. The van der Waals surface area contributed by atoms with E-state index in [1.165, 1.54) is 32.1 Å². The van der Waals surface area contributed by atoms with Crippen LogP contribution in [0.15, 0.2) is 36.5 Å². The van der Waals surface area contributed by atoms with Crippen molar-refractivity contribution in [3.05, 3.63) is 59.0 Å². The second-order valence-corrected chi connectivity index (χ2v) is 7.25. The molecule has 26 heavy (non-hydrogen) atoms. The Morgan fingerprint density at radius 2 is 1.92 bits per heavy atom. The van der Waals surface area contributed by atoms with Crippen LogP contribution in [0.5, 0.6) is 0 Å². The van der Waals surface area contributed by atoms with Crippen LogP contribution in [0.3, 0.4) is 0 Å². The molecule has 0 spiro atoms. The Labute approximate surface area is 152 Å². The standard InChI is InChI=1S/C21H23N3O2/c1-14-11-18-20(22-12-14)24(19(23-18)16-5-3-2-4-6-16)13-15-7-9-17(10-8-15)21(25)26/h7-12,16H,2-6,13H2,1H3,(H,25,26). The van der Waals surface area contributed by atoms with E-state index in [0.29, 0.717) is 18.0 Å². The van der Waals surface area contributed by atoms with Crippen molar-refractivity contribution in [1.29, 1.82) is 0 Å². The molecule has 2 heterocycles. The molecular formula is C21H23N3O2. The van der Waals surface area contributed by atoms with Crippen molar-refractivity contribution < 1.29 is 9.90 Å². The SMILES string of the molecule is Cc1cnc2c(c1)nc(C1CCCCC1)n2Cc1ccc(C(=O)O)cc1. The number of aromatic nitrogens is 3. The van der Waals surface area contributed by atoms with Crippen molar-refractivity contribution in [1.82, 2.24) is 14.5 Å². The van der Waals surface area contributed by atoms with Gasteiger partial charge in [-0.15, -0.1) is 0 Å². The summed E-state index contributed by atoms with van der Waals surface area (Å²) < 4.78 is 2.22. The Hall–Kier alpha value is -2.69. The van der Waals surface area contributed by atoms with Gasteiger partial charge < -0.3 is 9.67 Å². The lowest BCUT2D eigenvalue weighted by Crippen LogP contribution is -2.13. The van der Waals surface area contributed by atoms with Crippen LogP contribution >= 0.6 is 0 Å². The fourth-order valence-corrected chi connectivity index (χ4v) is 3.89. The summed E-state index contributed by atoms with van der Waals surface area (Å²) in [4.78, 5) is 20.7. The number of fused-ring (bicyclic) bond motifs is 1. The third-order valence-corrected chi connectivity index (χ3v) is 5.26. The lowest BCUT2D eigenvalue weighted by molar-refractivity contribution is 0.0697. The van der Waals surface area contributed by atoms with E-state index in [1.807, 2.05) is 25.3 Å². The molecule has 134 valence electrons. The highest BCUT2D eigenvalue weighted by Gasteiger charge is 2.23. The minimum Gasteiger partial charge on any atom is -0.478 e. The highest BCUT2D eigenvalue weighted by atomic mass is 16.4. The molecule has 1 aromatic carbocycles. The van der Waals surface area contributed by atoms with Gasteiger partial charge >= 0.3 is 5.97 Å². The summed E-state index contributed by atoms with van der Waals surface area (Å²) in [6.07, 6.45) is 8.07. The van der Waals surface area contributed by atoms with Crippen LogP contribution in [0.2, 0.25) is 0 Å². The van der Waals surface area contributed by atoms with Gasteiger partial charge in [0.15, 0.2) is 5.65 Å². The lowest BCUT2D eigenvalue weighted by atomic mass is 9.88. The predicted molar refractivity (Wildman–Crippen MR) is 101 cm³/mol. The molecule has 5 heteroatoms. The summed E-state index contributed by atoms with van der Waals surface area (Å²) >= 11 is 0. The van der Waals surface area contributed by atoms with Crippen molar-refractivity contribution in [2.45, 2.75) is 51.5 Å². The van der Waals surface area contributed by atoms with Crippen LogP contribution in [-0.2, 0) is 6.54 Å². The van der Waals surface area contributed by atoms with Crippen LogP contribution in [0, 0.1) is 6.92 Å². The van der Waals surface area contributed by atoms with Gasteiger partial charge in [-0.3, -0.25) is 0 Å². The fourth-order valence-electron chi connectivity index (χ4n) is 3.89. The first-order valence-corrected chi connectivity index (χ1v) is 9.27. The van der Waals surface area contributed by atoms with Crippen LogP contribution in [-0.4, -0.2) is 25.6 Å². The van der Waals surface area contributed by atoms with Gasteiger partial charge in [-0.2, -0.15) is 0 Å². The summed E-state index contributed by atoms with van der Waals surface area (Å²) in [5.41, 5.74) is 4.36. The number of carbonyl (C=O) groups is 1. The maximum atomic E-state index is 11.1. The van der Waals surface area contributed by atoms with Crippen molar-refractivity contribution >= 4 is 17.1 Å². The van der Waals surface area contributed by atoms with Gasteiger partial charge in [0, 0.05) is 12.1 Å². The van der Waals surface area contributed by atoms with Crippen LogP contribution in [0.25, 0.3) is 11.2 Å². The molecule has 0 amide bonds. The molecular weight excluding hydrogens is 326 g/mol. The molecule has 0 unspecified atom stereocenters. The van der Waals surface area contributed by atoms with Gasteiger partial charge in [-0.05, 0) is 49.1 Å². The topological polar surface area (TPSA) is 68.0 Å². The van der Waals surface area contributed by atoms with E-state index in [1.54, 1.807) is 12.1 Å². The zero-order chi connectivity index (χ0) is 18.1. The molecule has 0 bridgehead atoms. The number of hydrogen-bond donors (Lipinski definition) is 1. The Kier molecular flexibility index (Phi) is 4.45. The van der Waals surface area contributed by atoms with Gasteiger partial charge in [0.2, 0.25) is 0 Å². The minimum atomic E-state index is -0.898. The van der Waals surface area contributed by atoms with E-state index in [2.05, 4.69) is 15.6 Å². The molecule has 1 aliphatic carbocycles. The van der Waals surface area contributed by atoms with Crippen molar-refractivity contribution in [2.75, 3.05) is 0 Å². The van der Waals surface area contributed by atoms with E-state index in [4.69, 9.17) is 10.1 Å². The predicted octanol–water partition coefficient (Wildman–Crippen LogP) is 4.53. The van der Waals surface area contributed by atoms with E-state index >= 15 is 0 Å². The van der Waals surface area contributed by atoms with Gasteiger partial charge in [0.25, 0.3) is 0 Å². The molecule has 1 saturated carbocycles. The van der Waals surface area contributed by atoms with Gasteiger partial charge in [-0.1, -0.05) is 31.4 Å². The second-order valence-electron chi connectivity index (χ2n) is 7.25. The third kappa shape index (κ3) is 3.21. The first kappa shape index (κ1) is 16.8. The zero-order valence-electron chi connectivity index (χ0n) is 15.0. The first-order valence-electron chi connectivity index (χ1n) is 9.27. The van der Waals surface area contributed by atoms with Gasteiger partial charge in [0.1, 0.15) is 11.3 Å². The normalized spacial score (nSPS) is 15.4. The molecule has 5 nitrogen and oxygen atoms in total. The van der Waals surface area contributed by atoms with Crippen molar-refractivity contribution in [3.8, 4) is 0 Å². The maximum absolute atomic E-state index is 11.1. The molecule has 0 atom stereocenters. The number of nitrogens with zero attached hydrogens (tertiary/aromatic N) is 3. The Morgan fingerprint density at radius 3 is 2.62 bits per heavy atom. The molecule has 2 aromatic heterocycles. The monoisotopic (exact) mass is 349 g/mol. The molecule has 1 aliphatic rings. The highest BCUT2D eigenvalue weighted by Crippen LogP contribution is 2.34. The quantitative estimate of drug-likeness (QED) is 0.751. The Balaban J connectivity index is 1.74. The number of benzene rings is 1. The smallest absolute Gasteiger partial charge is 0.335 e. The Bertz CT molecular complexity index is 938. The average Bonchev–Trinajstić information content (AvgIpc) is 3.00. The number of carboxylic acid groups (broad SMARTS) is 1. The number of rotatable bonds is 4. The number of aromatic carboxylic acids is 1. The van der Waals surface area contributed by atoms with E-state index in [9.17, 15) is 4.79 Å². The highest BCUT2D eigenvalue weighted by molar-refractivity contribution is 5.87. The molecule has 4 rings (SSSR count). The molecule has 0 saturated heterocycles. The van der Waals surface area contributed by atoms with E-state index in [-0.39, 0.29) is 0 Å². The van der Waals surface area contributed by atoms with Crippen molar-refractivity contribution in [2.24, 2.45) is 0 Å². The summed E-state index contributed by atoms with van der Waals surface area (Å²) in [6.45, 7) is 2.70. The lowest BCUT2D eigenvalue weighted by Gasteiger charge is -2.22. The van der Waals surface area contributed by atoms with E-state index < -0.39 is 5.97 Å². The first-order chi connectivity index (χ1) is 12.6. The van der Waals surface area contributed by atoms with Crippen molar-refractivity contribution in [3.63, 3.8) is 0 Å². The number of imidazole rings is 1. The maximum Gasteiger partial charge on any atom is 0.335 e. The zero-order valence-corrected chi connectivity index (χ0v) is 15.0. The van der Waals surface area contributed by atoms with Crippen LogP contribution in [0.1, 0.15) is 65.3 Å². The summed E-state index contributed by atoms with van der Waals surface area (Å²) in [5, 5.41) is 9.09. The van der Waals surface area contributed by atoms with Crippen LogP contribution < -0.4 is 0 Å². The summed E-state index contributed by atoms with van der Waals surface area (Å²) in [5.74, 6) is 0.710. The average molecular weight is 349 g/mol. The van der Waals surface area contributed by atoms with E-state index in [0.717, 1.165) is 28.1 Å². The largest absolute Gasteiger partial charge is 0.478 e. The van der Waals surface area contributed by atoms with Gasteiger partial charge in [-0.25, -0.2) is 14.8 Å². The second kappa shape index (κ2) is 6.90. The molecule has 1 N–H and O–H groups in total. The third-order valence-electron chi connectivity index (χ3n) is 5.26. The number of aryl methyl sites for hydroxylation is 1. The summed E-state index contributed by atoms with van der Waals surface area (Å²) in [6, 6.07) is 9.18. The number of pyridine rings is 1. The number of hydrogen-bond acceptors (Lipinski definition) is 3. The van der Waals surface area contributed by atoms with Gasteiger partial charge in [0.05, 0.1) is 12.1 Å². The Morgan fingerprint density at radius 1 is 1.19 bits per heavy atom. The fraction of sp³-hybridized carbons (Fsp3) is 0.381. The van der Waals surface area contributed by atoms with Crippen LogP contribution in [0.4, 0.5) is 0 Å². The minimum absolute atomic E-state index is 0.311. The molecule has 0 radical (unpaired) electrons. The molecule has 1 fully saturated rings.